The van der Waals surface area contributed by atoms with Gasteiger partial charge in [0.1, 0.15) is 5.82 Å². The average Bonchev–Trinajstić information content (AvgIpc) is 2.45. The molecule has 1 aromatic rings. The van der Waals surface area contributed by atoms with Gasteiger partial charge in [0.2, 0.25) is 0 Å². The van der Waals surface area contributed by atoms with E-state index >= 15 is 0 Å². The smallest absolute Gasteiger partial charge is 0.123 e. The number of aryl methyl sites for hydroxylation is 1. The standard InChI is InChI=1S/C16H26FN3/c1-4-14-11-20(8-7-19(14)3)16(10-18)15-9-13(17)6-5-12(15)2/h5-6,9,14,16H,4,7-8,10-11,18H2,1-3H3. The Hall–Kier alpha value is -0.970. The van der Waals surface area contributed by atoms with E-state index in [2.05, 4.69) is 23.8 Å². The van der Waals surface area contributed by atoms with Crippen LogP contribution < -0.4 is 5.73 Å². The predicted molar refractivity (Wildman–Crippen MR) is 81.2 cm³/mol. The lowest BCUT2D eigenvalue weighted by Crippen LogP contribution is -2.53. The lowest BCUT2D eigenvalue weighted by Gasteiger charge is -2.43. The molecule has 0 saturated carbocycles. The van der Waals surface area contributed by atoms with Crippen molar-refractivity contribution >= 4 is 0 Å². The normalized spacial score (nSPS) is 22.9. The van der Waals surface area contributed by atoms with Gasteiger partial charge in [-0.25, -0.2) is 4.39 Å². The first kappa shape index (κ1) is 15.4. The third-order valence-corrected chi connectivity index (χ3v) is 4.54. The van der Waals surface area contributed by atoms with Gasteiger partial charge < -0.3 is 10.6 Å². The number of nitrogens with zero attached hydrogens (tertiary/aromatic N) is 2. The molecule has 0 bridgehead atoms. The minimum atomic E-state index is -0.176. The molecular formula is C16H26FN3. The third-order valence-electron chi connectivity index (χ3n) is 4.54. The Morgan fingerprint density at radius 3 is 2.80 bits per heavy atom. The summed E-state index contributed by atoms with van der Waals surface area (Å²) in [6, 6.07) is 5.69. The maximum absolute atomic E-state index is 13.5. The lowest BCUT2D eigenvalue weighted by atomic mass is 9.97. The Kier molecular flexibility index (Phi) is 5.13. The fourth-order valence-corrected chi connectivity index (χ4v) is 3.14. The van der Waals surface area contributed by atoms with Gasteiger partial charge >= 0.3 is 0 Å². The van der Waals surface area contributed by atoms with Crippen molar-refractivity contribution in [3.8, 4) is 0 Å². The maximum Gasteiger partial charge on any atom is 0.123 e. The van der Waals surface area contributed by atoms with Crippen LogP contribution in [-0.4, -0.2) is 49.1 Å². The Bertz CT molecular complexity index is 449. The molecule has 1 fully saturated rings. The molecule has 1 saturated heterocycles. The second-order valence-corrected chi connectivity index (χ2v) is 5.79. The van der Waals surface area contributed by atoms with Crippen LogP contribution in [-0.2, 0) is 0 Å². The molecule has 0 amide bonds. The highest BCUT2D eigenvalue weighted by molar-refractivity contribution is 5.30. The van der Waals surface area contributed by atoms with Crippen molar-refractivity contribution in [2.24, 2.45) is 5.73 Å². The third kappa shape index (κ3) is 3.19. The van der Waals surface area contributed by atoms with Crippen LogP contribution in [0.1, 0.15) is 30.5 Å². The molecule has 112 valence electrons. The van der Waals surface area contributed by atoms with Crippen molar-refractivity contribution in [1.29, 1.82) is 0 Å². The second-order valence-electron chi connectivity index (χ2n) is 5.79. The summed E-state index contributed by atoms with van der Waals surface area (Å²) in [5, 5.41) is 0. The number of hydrogen-bond donors (Lipinski definition) is 1. The van der Waals surface area contributed by atoms with E-state index in [0.717, 1.165) is 37.2 Å². The van der Waals surface area contributed by atoms with E-state index in [9.17, 15) is 4.39 Å². The van der Waals surface area contributed by atoms with Crippen LogP contribution in [0.15, 0.2) is 18.2 Å². The first-order valence-electron chi connectivity index (χ1n) is 7.47. The Morgan fingerprint density at radius 1 is 1.40 bits per heavy atom. The molecule has 0 spiro atoms. The molecule has 1 aromatic carbocycles. The van der Waals surface area contributed by atoms with Gasteiger partial charge in [-0.15, -0.1) is 0 Å². The fraction of sp³-hybridized carbons (Fsp3) is 0.625. The molecule has 1 heterocycles. The molecule has 2 atom stereocenters. The molecular weight excluding hydrogens is 253 g/mol. The lowest BCUT2D eigenvalue weighted by molar-refractivity contribution is 0.0641. The summed E-state index contributed by atoms with van der Waals surface area (Å²) in [4.78, 5) is 4.82. The number of halogens is 1. The maximum atomic E-state index is 13.5. The number of nitrogens with two attached hydrogens (primary N) is 1. The Balaban J connectivity index is 2.21. The summed E-state index contributed by atoms with van der Waals surface area (Å²) in [6.45, 7) is 7.82. The van der Waals surface area contributed by atoms with E-state index in [1.165, 1.54) is 6.07 Å². The summed E-state index contributed by atoms with van der Waals surface area (Å²) in [5.74, 6) is -0.176. The Morgan fingerprint density at radius 2 is 2.15 bits per heavy atom. The van der Waals surface area contributed by atoms with Gasteiger partial charge in [-0.2, -0.15) is 0 Å². The van der Waals surface area contributed by atoms with Gasteiger partial charge in [0.15, 0.2) is 0 Å². The zero-order valence-electron chi connectivity index (χ0n) is 12.8. The molecule has 2 unspecified atom stereocenters. The highest BCUT2D eigenvalue weighted by atomic mass is 19.1. The van der Waals surface area contributed by atoms with Crippen LogP contribution in [0.25, 0.3) is 0 Å². The summed E-state index contributed by atoms with van der Waals surface area (Å²) in [6.07, 6.45) is 1.13. The van der Waals surface area contributed by atoms with Crippen molar-refractivity contribution < 1.29 is 4.39 Å². The van der Waals surface area contributed by atoms with E-state index in [1.54, 1.807) is 6.07 Å². The van der Waals surface area contributed by atoms with Crippen LogP contribution >= 0.6 is 0 Å². The number of rotatable bonds is 4. The monoisotopic (exact) mass is 279 g/mol. The van der Waals surface area contributed by atoms with Crippen molar-refractivity contribution in [3.05, 3.63) is 35.1 Å². The predicted octanol–water partition coefficient (Wildman–Crippen LogP) is 2.16. The second kappa shape index (κ2) is 6.66. The molecule has 1 aliphatic rings. The molecule has 4 heteroatoms. The number of benzene rings is 1. The summed E-state index contributed by atoms with van der Waals surface area (Å²) < 4.78 is 13.5. The zero-order valence-corrected chi connectivity index (χ0v) is 12.8. The van der Waals surface area contributed by atoms with Gasteiger partial charge in [0.25, 0.3) is 0 Å². The molecule has 0 radical (unpaired) electrons. The molecule has 3 nitrogen and oxygen atoms in total. The fourth-order valence-electron chi connectivity index (χ4n) is 3.14. The minimum Gasteiger partial charge on any atom is -0.329 e. The van der Waals surface area contributed by atoms with Crippen LogP contribution in [0.4, 0.5) is 4.39 Å². The van der Waals surface area contributed by atoms with Crippen LogP contribution in [0.2, 0.25) is 0 Å². The van der Waals surface area contributed by atoms with Crippen molar-refractivity contribution in [2.45, 2.75) is 32.4 Å². The zero-order chi connectivity index (χ0) is 14.7. The van der Waals surface area contributed by atoms with Gasteiger partial charge in [-0.1, -0.05) is 13.0 Å². The molecule has 1 aliphatic heterocycles. The molecule has 0 aromatic heterocycles. The molecule has 2 rings (SSSR count). The number of hydrogen-bond acceptors (Lipinski definition) is 3. The van der Waals surface area contributed by atoms with Gasteiger partial charge in [0.05, 0.1) is 0 Å². The summed E-state index contributed by atoms with van der Waals surface area (Å²) >= 11 is 0. The minimum absolute atomic E-state index is 0.119. The van der Waals surface area contributed by atoms with Gasteiger partial charge in [0, 0.05) is 38.3 Å². The van der Waals surface area contributed by atoms with E-state index in [-0.39, 0.29) is 11.9 Å². The summed E-state index contributed by atoms with van der Waals surface area (Å²) in [7, 11) is 2.18. The van der Waals surface area contributed by atoms with Gasteiger partial charge in [-0.05, 0) is 43.7 Å². The van der Waals surface area contributed by atoms with Crippen molar-refractivity contribution in [1.82, 2.24) is 9.80 Å². The van der Waals surface area contributed by atoms with E-state index < -0.39 is 0 Å². The first-order valence-corrected chi connectivity index (χ1v) is 7.47. The Labute approximate surface area is 121 Å². The van der Waals surface area contributed by atoms with Crippen LogP contribution in [0.5, 0.6) is 0 Å². The van der Waals surface area contributed by atoms with E-state index in [0.29, 0.717) is 12.6 Å². The SMILES string of the molecule is CCC1CN(C(CN)c2cc(F)ccc2C)CCN1C. The first-order chi connectivity index (χ1) is 9.56. The highest BCUT2D eigenvalue weighted by Gasteiger charge is 2.28. The van der Waals surface area contributed by atoms with Crippen molar-refractivity contribution in [3.63, 3.8) is 0 Å². The van der Waals surface area contributed by atoms with Crippen LogP contribution in [0, 0.1) is 12.7 Å². The van der Waals surface area contributed by atoms with Crippen molar-refractivity contribution in [2.75, 3.05) is 33.2 Å². The molecule has 0 aliphatic carbocycles. The largest absolute Gasteiger partial charge is 0.329 e. The van der Waals surface area contributed by atoms with E-state index in [1.807, 2.05) is 13.0 Å². The molecule has 2 N–H and O–H groups in total. The topological polar surface area (TPSA) is 32.5 Å². The summed E-state index contributed by atoms with van der Waals surface area (Å²) in [5.41, 5.74) is 8.15. The molecule has 20 heavy (non-hydrogen) atoms. The van der Waals surface area contributed by atoms with Gasteiger partial charge in [-0.3, -0.25) is 4.90 Å². The highest BCUT2D eigenvalue weighted by Crippen LogP contribution is 2.26. The quantitative estimate of drug-likeness (QED) is 0.917. The van der Waals surface area contributed by atoms with Crippen LogP contribution in [0.3, 0.4) is 0 Å². The number of piperazine rings is 1. The average molecular weight is 279 g/mol. The number of likely N-dealkylation sites (N-methyl/N-ethyl adjacent to an activating group) is 1. The van der Waals surface area contributed by atoms with E-state index in [4.69, 9.17) is 5.73 Å².